The van der Waals surface area contributed by atoms with Crippen molar-refractivity contribution in [2.45, 2.75) is 51.9 Å². The first-order valence-electron chi connectivity index (χ1n) is 6.55. The first kappa shape index (κ1) is 12.6. The Labute approximate surface area is 103 Å². The van der Waals surface area contributed by atoms with Crippen LogP contribution in [0.3, 0.4) is 0 Å². The summed E-state index contributed by atoms with van der Waals surface area (Å²) in [5.74, 6) is 0.496. The number of aliphatic hydroxyl groups excluding tert-OH is 1. The molecule has 0 radical (unpaired) electrons. The van der Waals surface area contributed by atoms with E-state index in [9.17, 15) is 0 Å². The Balaban J connectivity index is 1.76. The van der Waals surface area contributed by atoms with E-state index in [1.165, 1.54) is 0 Å². The lowest BCUT2D eigenvalue weighted by Gasteiger charge is -2.27. The van der Waals surface area contributed by atoms with Crippen molar-refractivity contribution >= 4 is 0 Å². The third-order valence-electron chi connectivity index (χ3n) is 3.66. The molecule has 2 rings (SSSR count). The van der Waals surface area contributed by atoms with Crippen LogP contribution in [0.25, 0.3) is 0 Å². The molecular weight excluding hydrogens is 216 g/mol. The second-order valence-corrected chi connectivity index (χ2v) is 4.81. The highest BCUT2D eigenvalue weighted by molar-refractivity contribution is 4.96. The average molecular weight is 238 g/mol. The first-order chi connectivity index (χ1) is 8.33. The lowest BCUT2D eigenvalue weighted by Crippen LogP contribution is -2.23. The van der Waals surface area contributed by atoms with Gasteiger partial charge in [0.1, 0.15) is 0 Å². The smallest absolute Gasteiger partial charge is 0.0948 e. The van der Waals surface area contributed by atoms with Crippen molar-refractivity contribution in [1.29, 1.82) is 0 Å². The molecule has 1 aliphatic rings. The van der Waals surface area contributed by atoms with Gasteiger partial charge < -0.3 is 14.4 Å². The molecule has 4 nitrogen and oxygen atoms in total. The molecule has 0 bridgehead atoms. The number of aliphatic hydroxyl groups is 1. The highest BCUT2D eigenvalue weighted by atomic mass is 16.5. The van der Waals surface area contributed by atoms with Gasteiger partial charge in [-0.3, -0.25) is 0 Å². The Hall–Kier alpha value is -0.870. The molecule has 4 heteroatoms. The van der Waals surface area contributed by atoms with Crippen molar-refractivity contribution in [3.8, 4) is 0 Å². The molecule has 1 N–H and O–H groups in total. The van der Waals surface area contributed by atoms with E-state index in [-0.39, 0.29) is 0 Å². The number of aromatic nitrogens is 2. The second-order valence-electron chi connectivity index (χ2n) is 4.81. The molecule has 0 aliphatic heterocycles. The zero-order valence-electron chi connectivity index (χ0n) is 10.5. The van der Waals surface area contributed by atoms with Crippen LogP contribution >= 0.6 is 0 Å². The zero-order valence-corrected chi connectivity index (χ0v) is 10.5. The maximum absolute atomic E-state index is 9.07. The average Bonchev–Trinajstić information content (AvgIpc) is 2.84. The minimum absolute atomic E-state index is 0.329. The van der Waals surface area contributed by atoms with Gasteiger partial charge in [0, 0.05) is 13.2 Å². The van der Waals surface area contributed by atoms with E-state index in [2.05, 4.69) is 16.5 Å². The number of imidazole rings is 1. The lowest BCUT2D eigenvalue weighted by molar-refractivity contribution is -0.00121. The van der Waals surface area contributed by atoms with Crippen LogP contribution in [0.15, 0.2) is 12.5 Å². The van der Waals surface area contributed by atoms with Crippen molar-refractivity contribution in [2.75, 3.05) is 6.61 Å². The van der Waals surface area contributed by atoms with Crippen LogP contribution in [0.5, 0.6) is 0 Å². The van der Waals surface area contributed by atoms with Crippen LogP contribution in [0.2, 0.25) is 0 Å². The topological polar surface area (TPSA) is 47.3 Å². The number of rotatable bonds is 5. The summed E-state index contributed by atoms with van der Waals surface area (Å²) >= 11 is 0. The van der Waals surface area contributed by atoms with Crippen molar-refractivity contribution < 1.29 is 9.84 Å². The fourth-order valence-electron chi connectivity index (χ4n) is 2.44. The predicted octanol–water partition coefficient (Wildman–Crippen LogP) is 1.97. The van der Waals surface area contributed by atoms with E-state index in [0.29, 0.717) is 25.2 Å². The SMILES string of the molecule is CCn1cncc1COC1CCC(CO)CC1. The summed E-state index contributed by atoms with van der Waals surface area (Å²) in [6.45, 7) is 4.03. The van der Waals surface area contributed by atoms with Crippen LogP contribution in [-0.4, -0.2) is 27.4 Å². The van der Waals surface area contributed by atoms with E-state index in [4.69, 9.17) is 9.84 Å². The first-order valence-corrected chi connectivity index (χ1v) is 6.55. The summed E-state index contributed by atoms with van der Waals surface area (Å²) in [7, 11) is 0. The van der Waals surface area contributed by atoms with E-state index >= 15 is 0 Å². The van der Waals surface area contributed by atoms with Crippen LogP contribution in [0, 0.1) is 5.92 Å². The zero-order chi connectivity index (χ0) is 12.1. The predicted molar refractivity (Wildman–Crippen MR) is 65.5 cm³/mol. The van der Waals surface area contributed by atoms with Crippen LogP contribution in [0.4, 0.5) is 0 Å². The molecule has 1 saturated carbocycles. The second kappa shape index (κ2) is 6.17. The minimum Gasteiger partial charge on any atom is -0.396 e. The molecular formula is C13H22N2O2. The van der Waals surface area contributed by atoms with Gasteiger partial charge in [-0.05, 0) is 38.5 Å². The van der Waals surface area contributed by atoms with Gasteiger partial charge in [0.25, 0.3) is 0 Å². The van der Waals surface area contributed by atoms with E-state index in [1.807, 2.05) is 12.5 Å². The molecule has 0 unspecified atom stereocenters. The molecule has 0 amide bonds. The van der Waals surface area contributed by atoms with Gasteiger partial charge in [-0.15, -0.1) is 0 Å². The highest BCUT2D eigenvalue weighted by Crippen LogP contribution is 2.26. The van der Waals surface area contributed by atoms with E-state index in [1.54, 1.807) is 0 Å². The largest absolute Gasteiger partial charge is 0.396 e. The van der Waals surface area contributed by atoms with Crippen molar-refractivity contribution in [3.63, 3.8) is 0 Å². The summed E-state index contributed by atoms with van der Waals surface area (Å²) in [4.78, 5) is 4.13. The molecule has 1 aromatic heterocycles. The number of hydrogen-bond donors (Lipinski definition) is 1. The van der Waals surface area contributed by atoms with Gasteiger partial charge >= 0.3 is 0 Å². The quantitative estimate of drug-likeness (QED) is 0.853. The fourth-order valence-corrected chi connectivity index (χ4v) is 2.44. The minimum atomic E-state index is 0.329. The molecule has 0 atom stereocenters. The van der Waals surface area contributed by atoms with Gasteiger partial charge in [-0.2, -0.15) is 0 Å². The Kier molecular flexibility index (Phi) is 4.57. The van der Waals surface area contributed by atoms with Crippen molar-refractivity contribution in [1.82, 2.24) is 9.55 Å². The summed E-state index contributed by atoms with van der Waals surface area (Å²) in [5.41, 5.74) is 1.15. The summed E-state index contributed by atoms with van der Waals surface area (Å²) in [6, 6.07) is 0. The van der Waals surface area contributed by atoms with Crippen molar-refractivity contribution in [2.24, 2.45) is 5.92 Å². The lowest BCUT2D eigenvalue weighted by atomic mass is 9.88. The third kappa shape index (κ3) is 3.30. The summed E-state index contributed by atoms with van der Waals surface area (Å²) in [6.07, 6.45) is 8.42. The van der Waals surface area contributed by atoms with Gasteiger partial charge in [0.05, 0.1) is 30.9 Å². The third-order valence-corrected chi connectivity index (χ3v) is 3.66. The van der Waals surface area contributed by atoms with Crippen molar-refractivity contribution in [3.05, 3.63) is 18.2 Å². The molecule has 0 aromatic carbocycles. The normalized spacial score (nSPS) is 25.1. The molecule has 17 heavy (non-hydrogen) atoms. The summed E-state index contributed by atoms with van der Waals surface area (Å²) in [5, 5.41) is 9.07. The molecule has 1 aromatic rings. The molecule has 1 fully saturated rings. The number of nitrogens with zero attached hydrogens (tertiary/aromatic N) is 2. The Bertz CT molecular complexity index is 330. The Morgan fingerprint density at radius 2 is 2.18 bits per heavy atom. The molecule has 96 valence electrons. The van der Waals surface area contributed by atoms with Crippen LogP contribution in [-0.2, 0) is 17.9 Å². The van der Waals surface area contributed by atoms with E-state index < -0.39 is 0 Å². The molecule has 0 saturated heterocycles. The standard InChI is InChI=1S/C13H22N2O2/c1-2-15-10-14-7-12(15)9-17-13-5-3-11(8-16)4-6-13/h7,10-11,13,16H,2-6,8-9H2,1H3. The maximum atomic E-state index is 9.07. The summed E-state index contributed by atoms with van der Waals surface area (Å²) < 4.78 is 8.03. The number of aryl methyl sites for hydroxylation is 1. The van der Waals surface area contributed by atoms with Gasteiger partial charge in [0.15, 0.2) is 0 Å². The number of ether oxygens (including phenoxy) is 1. The van der Waals surface area contributed by atoms with E-state index in [0.717, 1.165) is 37.9 Å². The van der Waals surface area contributed by atoms with Crippen LogP contribution in [0.1, 0.15) is 38.3 Å². The Morgan fingerprint density at radius 1 is 1.41 bits per heavy atom. The molecule has 1 heterocycles. The van der Waals surface area contributed by atoms with Gasteiger partial charge in [0.2, 0.25) is 0 Å². The van der Waals surface area contributed by atoms with Gasteiger partial charge in [-0.1, -0.05) is 0 Å². The molecule has 0 spiro atoms. The molecule has 1 aliphatic carbocycles. The Morgan fingerprint density at radius 3 is 2.82 bits per heavy atom. The highest BCUT2D eigenvalue weighted by Gasteiger charge is 2.21. The monoisotopic (exact) mass is 238 g/mol. The fraction of sp³-hybridized carbons (Fsp3) is 0.769. The van der Waals surface area contributed by atoms with Gasteiger partial charge in [-0.25, -0.2) is 4.98 Å². The number of hydrogen-bond acceptors (Lipinski definition) is 3. The van der Waals surface area contributed by atoms with Crippen LogP contribution < -0.4 is 0 Å². The maximum Gasteiger partial charge on any atom is 0.0948 e.